The second kappa shape index (κ2) is 7.76. The SMILES string of the molecule is Nc1cccc(C(=O)N2C[C@H](O)C[C@H]2C(=O)NCc2ccc(Cl)cc2)c1. The molecule has 1 aliphatic rings. The molecule has 0 unspecified atom stereocenters. The van der Waals surface area contributed by atoms with Gasteiger partial charge >= 0.3 is 0 Å². The Kier molecular flexibility index (Phi) is 5.44. The van der Waals surface area contributed by atoms with Gasteiger partial charge in [-0.05, 0) is 35.9 Å². The van der Waals surface area contributed by atoms with Crippen LogP contribution in [-0.4, -0.2) is 40.5 Å². The monoisotopic (exact) mass is 373 g/mol. The quantitative estimate of drug-likeness (QED) is 0.712. The minimum atomic E-state index is -0.730. The highest BCUT2D eigenvalue weighted by Gasteiger charge is 2.39. The number of amides is 2. The molecule has 1 aliphatic heterocycles. The van der Waals surface area contributed by atoms with Crippen LogP contribution in [0.5, 0.6) is 0 Å². The summed E-state index contributed by atoms with van der Waals surface area (Å²) in [6, 6.07) is 13.0. The van der Waals surface area contributed by atoms with Crippen LogP contribution in [0.15, 0.2) is 48.5 Å². The largest absolute Gasteiger partial charge is 0.399 e. The Labute approximate surface area is 156 Å². The topological polar surface area (TPSA) is 95.7 Å². The molecular weight excluding hydrogens is 354 g/mol. The molecule has 2 aromatic carbocycles. The summed E-state index contributed by atoms with van der Waals surface area (Å²) in [7, 11) is 0. The third-order valence-electron chi connectivity index (χ3n) is 4.36. The van der Waals surface area contributed by atoms with Gasteiger partial charge in [0.1, 0.15) is 6.04 Å². The number of carbonyl (C=O) groups is 2. The number of carbonyl (C=O) groups excluding carboxylic acids is 2. The molecule has 26 heavy (non-hydrogen) atoms. The molecule has 4 N–H and O–H groups in total. The molecule has 7 heteroatoms. The average molecular weight is 374 g/mol. The third-order valence-corrected chi connectivity index (χ3v) is 4.61. The van der Waals surface area contributed by atoms with Gasteiger partial charge in [0.15, 0.2) is 0 Å². The molecular formula is C19H20ClN3O3. The van der Waals surface area contributed by atoms with Crippen molar-refractivity contribution in [1.29, 1.82) is 0 Å². The van der Waals surface area contributed by atoms with E-state index in [1.165, 1.54) is 4.90 Å². The molecule has 0 aromatic heterocycles. The van der Waals surface area contributed by atoms with E-state index in [1.807, 2.05) is 12.1 Å². The lowest BCUT2D eigenvalue weighted by Crippen LogP contribution is -2.45. The van der Waals surface area contributed by atoms with Gasteiger partial charge in [-0.1, -0.05) is 29.8 Å². The number of likely N-dealkylation sites (tertiary alicyclic amines) is 1. The summed E-state index contributed by atoms with van der Waals surface area (Å²) in [4.78, 5) is 26.7. The van der Waals surface area contributed by atoms with Crippen LogP contribution in [-0.2, 0) is 11.3 Å². The maximum atomic E-state index is 12.7. The van der Waals surface area contributed by atoms with Crippen molar-refractivity contribution < 1.29 is 14.7 Å². The minimum absolute atomic E-state index is 0.118. The number of nitrogen functional groups attached to an aromatic ring is 1. The first-order valence-electron chi connectivity index (χ1n) is 8.31. The highest BCUT2D eigenvalue weighted by atomic mass is 35.5. The summed E-state index contributed by atoms with van der Waals surface area (Å²) in [5.74, 6) is -0.616. The first-order chi connectivity index (χ1) is 12.4. The molecule has 0 bridgehead atoms. The highest BCUT2D eigenvalue weighted by molar-refractivity contribution is 6.30. The van der Waals surface area contributed by atoms with Crippen molar-refractivity contribution >= 4 is 29.1 Å². The normalized spacial score (nSPS) is 19.4. The Morgan fingerprint density at radius 3 is 2.65 bits per heavy atom. The zero-order chi connectivity index (χ0) is 18.7. The number of nitrogens with two attached hydrogens (primary N) is 1. The first-order valence-corrected chi connectivity index (χ1v) is 8.68. The van der Waals surface area contributed by atoms with Crippen LogP contribution in [0.2, 0.25) is 5.02 Å². The van der Waals surface area contributed by atoms with E-state index in [0.717, 1.165) is 5.56 Å². The molecule has 2 aromatic rings. The number of aliphatic hydroxyl groups excluding tert-OH is 1. The summed E-state index contributed by atoms with van der Waals surface area (Å²) in [5.41, 5.74) is 7.50. The average Bonchev–Trinajstić information content (AvgIpc) is 3.02. The maximum Gasteiger partial charge on any atom is 0.254 e. The molecule has 136 valence electrons. The van der Waals surface area contributed by atoms with E-state index in [9.17, 15) is 14.7 Å². The molecule has 1 heterocycles. The van der Waals surface area contributed by atoms with Crippen LogP contribution in [0.1, 0.15) is 22.3 Å². The van der Waals surface area contributed by atoms with Crippen molar-refractivity contribution in [3.05, 3.63) is 64.7 Å². The molecule has 2 amide bonds. The van der Waals surface area contributed by atoms with Crippen LogP contribution in [0, 0.1) is 0 Å². The molecule has 0 spiro atoms. The molecule has 0 aliphatic carbocycles. The summed E-state index contributed by atoms with van der Waals surface area (Å²) in [5, 5.41) is 13.4. The van der Waals surface area contributed by atoms with Gasteiger partial charge in [-0.2, -0.15) is 0 Å². The number of β-amino-alcohol motifs (C(OH)–C–C–N with tert-alkyl or cyclic N) is 1. The first kappa shape index (κ1) is 18.2. The van der Waals surface area contributed by atoms with E-state index in [4.69, 9.17) is 17.3 Å². The Balaban J connectivity index is 1.69. The number of halogens is 1. The van der Waals surface area contributed by atoms with Gasteiger partial charge in [-0.15, -0.1) is 0 Å². The zero-order valence-corrected chi connectivity index (χ0v) is 14.8. The van der Waals surface area contributed by atoms with Gasteiger partial charge in [0.2, 0.25) is 5.91 Å². The molecule has 2 atom stereocenters. The van der Waals surface area contributed by atoms with Crippen LogP contribution >= 0.6 is 11.6 Å². The number of benzene rings is 2. The molecule has 3 rings (SSSR count). The summed E-state index contributed by atoms with van der Waals surface area (Å²) >= 11 is 5.85. The van der Waals surface area contributed by atoms with E-state index in [-0.39, 0.29) is 24.8 Å². The van der Waals surface area contributed by atoms with Crippen LogP contribution in [0.25, 0.3) is 0 Å². The Morgan fingerprint density at radius 2 is 1.96 bits per heavy atom. The van der Waals surface area contributed by atoms with Crippen molar-refractivity contribution in [2.45, 2.75) is 25.1 Å². The van der Waals surface area contributed by atoms with Gasteiger partial charge in [-0.3, -0.25) is 9.59 Å². The second-order valence-electron chi connectivity index (χ2n) is 6.33. The predicted molar refractivity (Wildman–Crippen MR) is 99.6 cm³/mol. The van der Waals surface area contributed by atoms with Gasteiger partial charge in [-0.25, -0.2) is 0 Å². The standard InChI is InChI=1S/C19H20ClN3O3/c20-14-6-4-12(5-7-14)10-22-18(25)17-9-16(24)11-23(17)19(26)13-2-1-3-15(21)8-13/h1-8,16-17,24H,9-11,21H2,(H,22,25)/t16-,17+/m1/s1. The van der Waals surface area contributed by atoms with Crippen LogP contribution < -0.4 is 11.1 Å². The number of aliphatic hydroxyl groups is 1. The Bertz CT molecular complexity index is 810. The number of nitrogens with one attached hydrogen (secondary N) is 1. The van der Waals surface area contributed by atoms with E-state index in [1.54, 1.807) is 36.4 Å². The lowest BCUT2D eigenvalue weighted by molar-refractivity contribution is -0.125. The van der Waals surface area contributed by atoms with E-state index < -0.39 is 12.1 Å². The molecule has 6 nitrogen and oxygen atoms in total. The van der Waals surface area contributed by atoms with Crippen molar-refractivity contribution in [2.24, 2.45) is 0 Å². The van der Waals surface area contributed by atoms with Gasteiger partial charge in [0, 0.05) is 35.8 Å². The fraction of sp³-hybridized carbons (Fsp3) is 0.263. The summed E-state index contributed by atoms with van der Waals surface area (Å²) in [6.45, 7) is 0.440. The minimum Gasteiger partial charge on any atom is -0.399 e. The van der Waals surface area contributed by atoms with Crippen molar-refractivity contribution in [3.63, 3.8) is 0 Å². The molecule has 0 radical (unpaired) electrons. The van der Waals surface area contributed by atoms with E-state index in [0.29, 0.717) is 22.8 Å². The smallest absolute Gasteiger partial charge is 0.254 e. The van der Waals surface area contributed by atoms with Gasteiger partial charge in [0.25, 0.3) is 5.91 Å². The second-order valence-corrected chi connectivity index (χ2v) is 6.77. The lowest BCUT2D eigenvalue weighted by atomic mass is 10.1. The maximum absolute atomic E-state index is 12.7. The molecule has 1 saturated heterocycles. The van der Waals surface area contributed by atoms with E-state index >= 15 is 0 Å². The highest BCUT2D eigenvalue weighted by Crippen LogP contribution is 2.22. The van der Waals surface area contributed by atoms with Crippen molar-refractivity contribution in [1.82, 2.24) is 10.2 Å². The van der Waals surface area contributed by atoms with Crippen molar-refractivity contribution in [3.8, 4) is 0 Å². The zero-order valence-electron chi connectivity index (χ0n) is 14.1. The van der Waals surface area contributed by atoms with Gasteiger partial charge < -0.3 is 21.1 Å². The van der Waals surface area contributed by atoms with Crippen molar-refractivity contribution in [2.75, 3.05) is 12.3 Å². The summed E-state index contributed by atoms with van der Waals surface area (Å²) < 4.78 is 0. The Morgan fingerprint density at radius 1 is 1.23 bits per heavy atom. The van der Waals surface area contributed by atoms with Gasteiger partial charge in [0.05, 0.1) is 6.10 Å². The number of nitrogens with zero attached hydrogens (tertiary/aromatic N) is 1. The third kappa shape index (κ3) is 4.15. The fourth-order valence-corrected chi connectivity index (χ4v) is 3.16. The number of anilines is 1. The fourth-order valence-electron chi connectivity index (χ4n) is 3.03. The number of hydrogen-bond acceptors (Lipinski definition) is 4. The van der Waals surface area contributed by atoms with Crippen LogP contribution in [0.3, 0.4) is 0 Å². The Hall–Kier alpha value is -2.57. The molecule has 0 saturated carbocycles. The predicted octanol–water partition coefficient (Wildman–Crippen LogP) is 1.81. The van der Waals surface area contributed by atoms with Crippen LogP contribution in [0.4, 0.5) is 5.69 Å². The summed E-state index contributed by atoms with van der Waals surface area (Å²) in [6.07, 6.45) is -0.521. The molecule has 1 fully saturated rings. The number of rotatable bonds is 4. The number of hydrogen-bond donors (Lipinski definition) is 3. The van der Waals surface area contributed by atoms with E-state index in [2.05, 4.69) is 5.32 Å². The lowest BCUT2D eigenvalue weighted by Gasteiger charge is -2.24.